The average Bonchev–Trinajstić information content (AvgIpc) is 2.75. The zero-order valence-corrected chi connectivity index (χ0v) is 20.2. The number of hydrogen-bond acceptors (Lipinski definition) is 6. The van der Waals surface area contributed by atoms with Crippen molar-refractivity contribution in [3.8, 4) is 0 Å². The number of anilines is 2. The number of carbonyl (C=O) groups excluding carboxylic acids is 1. The monoisotopic (exact) mass is 435 g/mol. The molecule has 0 aromatic heterocycles. The van der Waals surface area contributed by atoms with Gasteiger partial charge in [-0.05, 0) is 45.3 Å². The molecule has 6 nitrogen and oxygen atoms in total. The third-order valence-corrected chi connectivity index (χ3v) is 5.91. The molecule has 0 aliphatic carbocycles. The van der Waals surface area contributed by atoms with Crippen molar-refractivity contribution in [1.82, 2.24) is 4.90 Å². The number of unbranched alkanes of at least 4 members (excludes halogenated alkanes) is 10. The van der Waals surface area contributed by atoms with E-state index in [1.165, 1.54) is 57.8 Å². The molecule has 178 valence electrons. The van der Waals surface area contributed by atoms with Crippen LogP contribution in [0, 0.1) is 0 Å². The van der Waals surface area contributed by atoms with E-state index in [1.807, 2.05) is 0 Å². The zero-order chi connectivity index (χ0) is 22.9. The molecule has 0 radical (unpaired) electrons. The summed E-state index contributed by atoms with van der Waals surface area (Å²) in [6.45, 7) is 6.23. The van der Waals surface area contributed by atoms with E-state index < -0.39 is 0 Å². The first kappa shape index (κ1) is 27.3. The molecule has 0 fully saturated rings. The minimum absolute atomic E-state index is 0.384. The molecule has 0 aliphatic rings. The lowest BCUT2D eigenvalue weighted by Crippen LogP contribution is -2.40. The van der Waals surface area contributed by atoms with Crippen LogP contribution < -0.4 is 21.1 Å². The van der Waals surface area contributed by atoms with E-state index in [1.54, 1.807) is 19.0 Å². The summed E-state index contributed by atoms with van der Waals surface area (Å²) < 4.78 is 0. The summed E-state index contributed by atoms with van der Waals surface area (Å²) in [7, 11) is 3.59. The van der Waals surface area contributed by atoms with E-state index >= 15 is 0 Å². The van der Waals surface area contributed by atoms with Gasteiger partial charge in [-0.2, -0.15) is 0 Å². The van der Waals surface area contributed by atoms with Gasteiger partial charge in [-0.15, -0.1) is 0 Å². The summed E-state index contributed by atoms with van der Waals surface area (Å²) in [6.07, 6.45) is 16.3. The Bertz CT molecular complexity index is 665. The van der Waals surface area contributed by atoms with Crippen LogP contribution in [0.4, 0.5) is 11.4 Å². The van der Waals surface area contributed by atoms with Crippen molar-refractivity contribution in [2.45, 2.75) is 90.4 Å². The zero-order valence-electron chi connectivity index (χ0n) is 20.2. The van der Waals surface area contributed by atoms with Gasteiger partial charge in [-0.1, -0.05) is 58.3 Å². The first-order chi connectivity index (χ1) is 15.0. The van der Waals surface area contributed by atoms with Crippen LogP contribution in [-0.2, 0) is 4.79 Å². The van der Waals surface area contributed by atoms with Gasteiger partial charge in [0.05, 0.1) is 0 Å². The van der Waals surface area contributed by atoms with Gasteiger partial charge in [0.15, 0.2) is 0 Å². The molecule has 0 heterocycles. The van der Waals surface area contributed by atoms with Crippen molar-refractivity contribution in [3.63, 3.8) is 0 Å². The fourth-order valence-corrected chi connectivity index (χ4v) is 4.03. The van der Waals surface area contributed by atoms with E-state index in [9.17, 15) is 14.4 Å². The van der Waals surface area contributed by atoms with Crippen molar-refractivity contribution in [2.24, 2.45) is 0 Å². The summed E-state index contributed by atoms with van der Waals surface area (Å²) in [5.41, 5.74) is 0.212. The summed E-state index contributed by atoms with van der Waals surface area (Å²) in [5.74, 6) is 0. The highest BCUT2D eigenvalue weighted by Crippen LogP contribution is 2.17. The van der Waals surface area contributed by atoms with Crippen LogP contribution in [0.5, 0.6) is 0 Å². The Morgan fingerprint density at radius 3 is 1.87 bits per heavy atom. The van der Waals surface area contributed by atoms with Gasteiger partial charge in [0.2, 0.25) is 0 Å². The summed E-state index contributed by atoms with van der Waals surface area (Å²) in [4.78, 5) is 38.1. The Labute approximate surface area is 189 Å². The van der Waals surface area contributed by atoms with Crippen LogP contribution in [0.2, 0.25) is 0 Å². The second-order valence-corrected chi connectivity index (χ2v) is 8.89. The molecular formula is C25H45N3O3. The maximum Gasteiger partial charge on any atom is 0.253 e. The molecule has 0 spiro atoms. The molecule has 1 N–H and O–H groups in total. The van der Waals surface area contributed by atoms with Crippen LogP contribution in [0.1, 0.15) is 90.4 Å². The second-order valence-electron chi connectivity index (χ2n) is 8.89. The van der Waals surface area contributed by atoms with Crippen molar-refractivity contribution < 1.29 is 4.79 Å². The van der Waals surface area contributed by atoms with Crippen LogP contribution in [0.15, 0.2) is 9.59 Å². The molecule has 0 amide bonds. The largest absolute Gasteiger partial charge is 0.380 e. The van der Waals surface area contributed by atoms with E-state index in [-0.39, 0.29) is 10.9 Å². The average molecular weight is 436 g/mol. The van der Waals surface area contributed by atoms with E-state index in [0.29, 0.717) is 24.3 Å². The Hall–Kier alpha value is -1.69. The molecule has 0 atom stereocenters. The predicted octanol–water partition coefficient (Wildman–Crippen LogP) is 4.35. The van der Waals surface area contributed by atoms with Crippen molar-refractivity contribution in [1.29, 1.82) is 0 Å². The number of aldehydes is 1. The lowest BCUT2D eigenvalue weighted by Gasteiger charge is -2.23. The lowest BCUT2D eigenvalue weighted by atomic mass is 10.1. The molecule has 0 unspecified atom stereocenters. The van der Waals surface area contributed by atoms with Crippen molar-refractivity contribution >= 4 is 17.7 Å². The maximum absolute atomic E-state index is 11.8. The summed E-state index contributed by atoms with van der Waals surface area (Å²) in [5, 5.41) is 3.18. The number of rotatable bonds is 21. The molecule has 1 aromatic carbocycles. The van der Waals surface area contributed by atoms with E-state index in [4.69, 9.17) is 0 Å². The number of nitrogens with one attached hydrogen (secondary N) is 1. The highest BCUT2D eigenvalue weighted by atomic mass is 16.2. The molecule has 31 heavy (non-hydrogen) atoms. The van der Waals surface area contributed by atoms with Crippen molar-refractivity contribution in [3.05, 3.63) is 20.4 Å². The minimum atomic E-state index is -0.387. The van der Waals surface area contributed by atoms with Crippen LogP contribution >= 0.6 is 0 Å². The molecule has 0 saturated carbocycles. The predicted molar refractivity (Wildman–Crippen MR) is 132 cm³/mol. The standard InChI is InChI=1S/C25H45N3O3/c1-4-5-6-7-10-13-18-28(19-14-11-8-9-12-15-21-29)20-16-17-26-22-23(27(2)3)25(31)24(22)30/h21,26H,4-20H2,1-3H3. The third kappa shape index (κ3) is 10.9. The third-order valence-electron chi connectivity index (χ3n) is 5.91. The number of hydrogen-bond donors (Lipinski definition) is 1. The molecule has 6 heteroatoms. The fourth-order valence-electron chi connectivity index (χ4n) is 4.03. The lowest BCUT2D eigenvalue weighted by molar-refractivity contribution is -0.107. The Balaban J connectivity index is 2.33. The molecule has 0 bridgehead atoms. The second kappa shape index (κ2) is 16.9. The molecule has 0 saturated heterocycles. The van der Waals surface area contributed by atoms with E-state index in [2.05, 4.69) is 17.1 Å². The van der Waals surface area contributed by atoms with Crippen LogP contribution in [-0.4, -0.2) is 51.5 Å². The van der Waals surface area contributed by atoms with Gasteiger partial charge in [0, 0.05) is 27.1 Å². The smallest absolute Gasteiger partial charge is 0.253 e. The summed E-state index contributed by atoms with van der Waals surface area (Å²) >= 11 is 0. The fraction of sp³-hybridized carbons (Fsp3) is 0.800. The van der Waals surface area contributed by atoms with Gasteiger partial charge < -0.3 is 19.9 Å². The van der Waals surface area contributed by atoms with E-state index in [0.717, 1.165) is 45.2 Å². The van der Waals surface area contributed by atoms with Gasteiger partial charge in [-0.25, -0.2) is 0 Å². The topological polar surface area (TPSA) is 69.7 Å². The maximum atomic E-state index is 11.8. The summed E-state index contributed by atoms with van der Waals surface area (Å²) in [6, 6.07) is 0. The highest BCUT2D eigenvalue weighted by Gasteiger charge is 2.21. The Morgan fingerprint density at radius 1 is 0.742 bits per heavy atom. The first-order valence-corrected chi connectivity index (χ1v) is 12.4. The van der Waals surface area contributed by atoms with Crippen LogP contribution in [0.3, 0.4) is 0 Å². The Kier molecular flexibility index (Phi) is 14.9. The Morgan fingerprint density at radius 2 is 1.29 bits per heavy atom. The first-order valence-electron chi connectivity index (χ1n) is 12.4. The van der Waals surface area contributed by atoms with Gasteiger partial charge >= 0.3 is 0 Å². The molecular weight excluding hydrogens is 390 g/mol. The highest BCUT2D eigenvalue weighted by molar-refractivity contribution is 5.74. The molecule has 1 aromatic rings. The quantitative estimate of drug-likeness (QED) is 0.176. The van der Waals surface area contributed by atoms with Gasteiger partial charge in [0.1, 0.15) is 17.7 Å². The minimum Gasteiger partial charge on any atom is -0.380 e. The molecule has 0 aliphatic heterocycles. The van der Waals surface area contributed by atoms with Gasteiger partial charge in [0.25, 0.3) is 10.9 Å². The number of nitrogens with zero attached hydrogens (tertiary/aromatic N) is 2. The normalized spacial score (nSPS) is 11.4. The molecule has 1 rings (SSSR count). The number of carbonyl (C=O) groups is 1. The SMILES string of the molecule is CCCCCCCCN(CCCCCCCC=O)CCCNc1c(N(C)C)c(=O)c1=O. The van der Waals surface area contributed by atoms with Crippen LogP contribution in [0.25, 0.3) is 0 Å². The van der Waals surface area contributed by atoms with Gasteiger partial charge in [-0.3, -0.25) is 9.59 Å². The van der Waals surface area contributed by atoms with Crippen molar-refractivity contribution in [2.75, 3.05) is 50.5 Å².